The van der Waals surface area contributed by atoms with Crippen molar-refractivity contribution in [2.45, 2.75) is 19.8 Å². The van der Waals surface area contributed by atoms with Crippen LogP contribution in [-0.2, 0) is 0 Å². The number of aromatic nitrogens is 2. The van der Waals surface area contributed by atoms with E-state index in [1.54, 1.807) is 13.8 Å². The largest absolute Gasteiger partial charge is 0.494 e. The maximum Gasteiger partial charge on any atom is 0.335 e. The molecule has 1 aromatic carbocycles. The molecule has 2 rings (SSSR count). The topological polar surface area (TPSA) is 75.1 Å². The third-order valence-electron chi connectivity index (χ3n) is 2.93. The van der Waals surface area contributed by atoms with E-state index in [-0.39, 0.29) is 15.7 Å². The lowest BCUT2D eigenvalue weighted by molar-refractivity contribution is 0.416. The van der Waals surface area contributed by atoms with E-state index in [1.807, 2.05) is 4.98 Å². The van der Waals surface area contributed by atoms with Gasteiger partial charge in [-0.15, -0.1) is 0 Å². The third-order valence-corrected chi connectivity index (χ3v) is 3.54. The lowest BCUT2D eigenvalue weighted by atomic mass is 10.1. The summed E-state index contributed by atoms with van der Waals surface area (Å²) in [6.45, 7) is 3.27. The van der Waals surface area contributed by atoms with Gasteiger partial charge in [-0.05, 0) is 27.9 Å². The molecule has 0 saturated heterocycles. The molecular weight excluding hydrogens is 350 g/mol. The van der Waals surface area contributed by atoms with Gasteiger partial charge in [-0.2, -0.15) is 0 Å². The molecule has 0 aliphatic heterocycles. The maximum atomic E-state index is 13.9. The van der Waals surface area contributed by atoms with E-state index in [0.717, 1.165) is 6.07 Å². The Morgan fingerprint density at radius 1 is 1.24 bits per heavy atom. The van der Waals surface area contributed by atoms with Gasteiger partial charge in [-0.25, -0.2) is 18.1 Å². The highest BCUT2D eigenvalue weighted by Crippen LogP contribution is 2.27. The second kappa shape index (κ2) is 5.44. The number of halogens is 3. The quantitative estimate of drug-likeness (QED) is 0.807. The fourth-order valence-corrected chi connectivity index (χ4v) is 2.30. The summed E-state index contributed by atoms with van der Waals surface area (Å²) in [6.07, 6.45) is 0. The van der Waals surface area contributed by atoms with Gasteiger partial charge < -0.3 is 5.11 Å². The summed E-state index contributed by atoms with van der Waals surface area (Å²) in [5, 5.41) is 10.1. The standard InChI is InChI=1S/C13H11BrF2N2O3/c1-5(2)10-11(19)17-13(21)18(12(10)20)9-3-6(14)7(15)4-8(9)16/h3-5,20H,1-2H3,(H,17,19,21). The highest BCUT2D eigenvalue weighted by molar-refractivity contribution is 9.10. The molecule has 0 amide bonds. The average Bonchev–Trinajstić information content (AvgIpc) is 2.34. The summed E-state index contributed by atoms with van der Waals surface area (Å²) < 4.78 is 27.7. The summed E-state index contributed by atoms with van der Waals surface area (Å²) in [6, 6.07) is 1.58. The molecule has 8 heteroatoms. The summed E-state index contributed by atoms with van der Waals surface area (Å²) in [4.78, 5) is 25.6. The highest BCUT2D eigenvalue weighted by atomic mass is 79.9. The zero-order chi connectivity index (χ0) is 15.9. The maximum absolute atomic E-state index is 13.9. The zero-order valence-corrected chi connectivity index (χ0v) is 12.7. The molecule has 0 radical (unpaired) electrons. The molecule has 112 valence electrons. The minimum Gasteiger partial charge on any atom is -0.494 e. The van der Waals surface area contributed by atoms with Crippen molar-refractivity contribution in [3.8, 4) is 11.6 Å². The second-order valence-corrected chi connectivity index (χ2v) is 5.56. The fourth-order valence-electron chi connectivity index (χ4n) is 1.97. The van der Waals surface area contributed by atoms with E-state index < -0.39 is 34.7 Å². The van der Waals surface area contributed by atoms with Crippen LogP contribution in [-0.4, -0.2) is 14.7 Å². The fraction of sp³-hybridized carbons (Fsp3) is 0.231. The van der Waals surface area contributed by atoms with Crippen LogP contribution in [0.3, 0.4) is 0 Å². The molecule has 0 bridgehead atoms. The van der Waals surface area contributed by atoms with Crippen molar-refractivity contribution in [1.82, 2.24) is 9.55 Å². The molecule has 0 unspecified atom stereocenters. The zero-order valence-electron chi connectivity index (χ0n) is 11.1. The van der Waals surface area contributed by atoms with Crippen LogP contribution in [0.5, 0.6) is 5.88 Å². The van der Waals surface area contributed by atoms with Crippen molar-refractivity contribution >= 4 is 15.9 Å². The highest BCUT2D eigenvalue weighted by Gasteiger charge is 2.20. The van der Waals surface area contributed by atoms with Crippen LogP contribution in [0.2, 0.25) is 0 Å². The molecule has 21 heavy (non-hydrogen) atoms. The van der Waals surface area contributed by atoms with Crippen LogP contribution in [0, 0.1) is 11.6 Å². The second-order valence-electron chi connectivity index (χ2n) is 4.70. The molecule has 0 atom stereocenters. The molecular formula is C13H11BrF2N2O3. The molecule has 5 nitrogen and oxygen atoms in total. The molecule has 2 N–H and O–H groups in total. The van der Waals surface area contributed by atoms with Crippen molar-refractivity contribution in [3.05, 3.63) is 54.6 Å². The molecule has 1 aromatic heterocycles. The minimum absolute atomic E-state index is 0.0607. The molecule has 0 aliphatic carbocycles. The first kappa shape index (κ1) is 15.4. The van der Waals surface area contributed by atoms with Gasteiger partial charge in [0.15, 0.2) is 0 Å². The van der Waals surface area contributed by atoms with Gasteiger partial charge >= 0.3 is 5.69 Å². The Balaban J connectivity index is 2.88. The normalized spacial score (nSPS) is 11.1. The number of nitrogens with one attached hydrogen (secondary N) is 1. The molecule has 0 saturated carbocycles. The minimum atomic E-state index is -1.05. The number of hydrogen-bond donors (Lipinski definition) is 2. The van der Waals surface area contributed by atoms with Crippen LogP contribution < -0.4 is 11.2 Å². The van der Waals surface area contributed by atoms with E-state index in [4.69, 9.17) is 0 Å². The van der Waals surface area contributed by atoms with Gasteiger partial charge in [-0.3, -0.25) is 9.78 Å². The first-order valence-corrected chi connectivity index (χ1v) is 6.76. The Morgan fingerprint density at radius 2 is 1.86 bits per heavy atom. The van der Waals surface area contributed by atoms with E-state index in [9.17, 15) is 23.5 Å². The van der Waals surface area contributed by atoms with Gasteiger partial charge in [0.1, 0.15) is 11.6 Å². The first-order valence-electron chi connectivity index (χ1n) is 5.97. The van der Waals surface area contributed by atoms with Crippen molar-refractivity contribution in [2.24, 2.45) is 0 Å². The molecule has 2 aromatic rings. The summed E-state index contributed by atoms with van der Waals surface area (Å²) in [5.74, 6) is -2.96. The van der Waals surface area contributed by atoms with Crippen LogP contribution in [0.25, 0.3) is 5.69 Å². The monoisotopic (exact) mass is 360 g/mol. The van der Waals surface area contributed by atoms with Crippen molar-refractivity contribution in [3.63, 3.8) is 0 Å². The first-order chi connectivity index (χ1) is 9.73. The van der Waals surface area contributed by atoms with E-state index in [1.165, 1.54) is 0 Å². The Bertz CT molecular complexity index is 827. The Hall–Kier alpha value is -1.96. The van der Waals surface area contributed by atoms with E-state index >= 15 is 0 Å². The van der Waals surface area contributed by atoms with Gasteiger partial charge in [0, 0.05) is 6.07 Å². The average molecular weight is 361 g/mol. The Morgan fingerprint density at radius 3 is 2.43 bits per heavy atom. The molecule has 0 fully saturated rings. The number of nitrogens with zero attached hydrogens (tertiary/aromatic N) is 1. The molecule has 1 heterocycles. The molecule has 0 spiro atoms. The van der Waals surface area contributed by atoms with Crippen molar-refractivity contribution < 1.29 is 13.9 Å². The number of aromatic hydroxyl groups is 1. The van der Waals surface area contributed by atoms with Gasteiger partial charge in [0.25, 0.3) is 5.56 Å². The van der Waals surface area contributed by atoms with E-state index in [2.05, 4.69) is 15.9 Å². The van der Waals surface area contributed by atoms with Gasteiger partial charge in [0.2, 0.25) is 5.88 Å². The van der Waals surface area contributed by atoms with Crippen LogP contribution in [0.15, 0.2) is 26.2 Å². The predicted octanol–water partition coefficient (Wildman–Crippen LogP) is 2.40. The summed E-state index contributed by atoms with van der Waals surface area (Å²) in [7, 11) is 0. The van der Waals surface area contributed by atoms with Crippen LogP contribution in [0.1, 0.15) is 25.3 Å². The number of rotatable bonds is 2. The Labute approximate surface area is 126 Å². The number of H-pyrrole nitrogens is 1. The third kappa shape index (κ3) is 2.63. The lowest BCUT2D eigenvalue weighted by Gasteiger charge is -2.14. The van der Waals surface area contributed by atoms with Crippen molar-refractivity contribution in [2.75, 3.05) is 0 Å². The smallest absolute Gasteiger partial charge is 0.335 e. The number of hydrogen-bond acceptors (Lipinski definition) is 3. The Kier molecular flexibility index (Phi) is 3.99. The molecule has 0 aliphatic rings. The van der Waals surface area contributed by atoms with Crippen LogP contribution in [0.4, 0.5) is 8.78 Å². The van der Waals surface area contributed by atoms with Crippen LogP contribution >= 0.6 is 15.9 Å². The number of aromatic amines is 1. The lowest BCUT2D eigenvalue weighted by Crippen LogP contribution is -2.32. The van der Waals surface area contributed by atoms with Gasteiger partial charge in [0.05, 0.1) is 15.7 Å². The predicted molar refractivity (Wildman–Crippen MR) is 76.0 cm³/mol. The van der Waals surface area contributed by atoms with Gasteiger partial charge in [-0.1, -0.05) is 13.8 Å². The number of benzene rings is 1. The SMILES string of the molecule is CC(C)c1c(O)n(-c2cc(Br)c(F)cc2F)c(=O)[nH]c1=O. The van der Waals surface area contributed by atoms with Crippen molar-refractivity contribution in [1.29, 1.82) is 0 Å². The summed E-state index contributed by atoms with van der Waals surface area (Å²) in [5.41, 5.74) is -2.19. The van der Waals surface area contributed by atoms with E-state index in [0.29, 0.717) is 10.6 Å². The summed E-state index contributed by atoms with van der Waals surface area (Å²) >= 11 is 2.88.